The normalized spacial score (nSPS) is 11.5. The van der Waals surface area contributed by atoms with Gasteiger partial charge in [0.1, 0.15) is 0 Å². The van der Waals surface area contributed by atoms with Crippen LogP contribution in [0.3, 0.4) is 0 Å². The number of ether oxygens (including phenoxy) is 1. The lowest BCUT2D eigenvalue weighted by Crippen LogP contribution is -2.24. The third kappa shape index (κ3) is 11.7. The van der Waals surface area contributed by atoms with E-state index in [-0.39, 0.29) is 6.54 Å². The van der Waals surface area contributed by atoms with Crippen molar-refractivity contribution in [1.29, 1.82) is 0 Å². The van der Waals surface area contributed by atoms with Gasteiger partial charge in [-0.25, -0.2) is 9.59 Å². The number of azide groups is 2. The van der Waals surface area contributed by atoms with Crippen molar-refractivity contribution in [2.24, 2.45) is 10.2 Å². The number of carbonyl (C=O) groups excluding carboxylic acids is 1. The molecule has 0 amide bonds. The molecule has 0 aromatic carbocycles. The van der Waals surface area contributed by atoms with E-state index in [0.717, 1.165) is 7.11 Å². The molecule has 0 aliphatic carbocycles. The van der Waals surface area contributed by atoms with Gasteiger partial charge in [-0.3, -0.25) is 0 Å². The minimum Gasteiger partial charge on any atom is -0.479 e. The number of esters is 1. The molecule has 0 rings (SSSR count). The van der Waals surface area contributed by atoms with E-state index in [4.69, 9.17) is 26.4 Å². The van der Waals surface area contributed by atoms with Crippen LogP contribution in [0.4, 0.5) is 0 Å². The summed E-state index contributed by atoms with van der Waals surface area (Å²) in [6, 6.07) is 0. The number of nitrogens with zero attached hydrogens (tertiary/aromatic N) is 6. The molecule has 0 fully saturated rings. The largest absolute Gasteiger partial charge is 0.479 e. The molecule has 0 unspecified atom stereocenters. The molecule has 12 heteroatoms. The van der Waals surface area contributed by atoms with Crippen molar-refractivity contribution in [2.45, 2.75) is 12.2 Å². The average molecular weight is 276 g/mol. The van der Waals surface area contributed by atoms with Gasteiger partial charge in [-0.05, 0) is 11.1 Å². The van der Waals surface area contributed by atoms with Gasteiger partial charge >= 0.3 is 11.9 Å². The van der Waals surface area contributed by atoms with E-state index in [1.165, 1.54) is 0 Å². The molecule has 106 valence electrons. The van der Waals surface area contributed by atoms with Crippen LogP contribution in [0, 0.1) is 0 Å². The Kier molecular flexibility index (Phi) is 11.8. The Hall–Kier alpha value is -2.52. The van der Waals surface area contributed by atoms with Crippen LogP contribution in [-0.4, -0.2) is 59.7 Å². The van der Waals surface area contributed by atoms with Gasteiger partial charge in [-0.1, -0.05) is 10.2 Å². The monoisotopic (exact) mass is 276 g/mol. The predicted molar refractivity (Wildman–Crippen MR) is 59.7 cm³/mol. The van der Waals surface area contributed by atoms with E-state index in [9.17, 15) is 9.59 Å². The van der Waals surface area contributed by atoms with Gasteiger partial charge in [-0.15, -0.1) is 0 Å². The fourth-order valence-electron chi connectivity index (χ4n) is 0.516. The molecule has 12 nitrogen and oxygen atoms in total. The van der Waals surface area contributed by atoms with Gasteiger partial charge in [0.15, 0.2) is 12.2 Å². The van der Waals surface area contributed by atoms with E-state index >= 15 is 0 Å². The summed E-state index contributed by atoms with van der Waals surface area (Å²) >= 11 is 0. The van der Waals surface area contributed by atoms with Gasteiger partial charge in [0, 0.05) is 9.82 Å². The minimum atomic E-state index is -1.58. The lowest BCUT2D eigenvalue weighted by Gasteiger charge is -2.02. The molecule has 0 spiro atoms. The molecule has 0 bridgehead atoms. The molecule has 0 saturated carbocycles. The summed E-state index contributed by atoms with van der Waals surface area (Å²) in [5.41, 5.74) is 15.4. The Bertz CT molecular complexity index is 388. The van der Waals surface area contributed by atoms with Gasteiger partial charge in [0.05, 0.1) is 20.2 Å². The summed E-state index contributed by atoms with van der Waals surface area (Å²) in [4.78, 5) is 24.7. The van der Waals surface area contributed by atoms with Crippen molar-refractivity contribution < 1.29 is 29.6 Å². The van der Waals surface area contributed by atoms with E-state index in [0.29, 0.717) is 0 Å². The number of carboxylic acid groups (broad SMARTS) is 1. The summed E-state index contributed by atoms with van der Waals surface area (Å²) in [5, 5.41) is 30.9. The molecule has 0 aromatic rings. The zero-order valence-corrected chi connectivity index (χ0v) is 9.82. The fraction of sp³-hybridized carbons (Fsp3) is 0.714. The predicted octanol–water partition coefficient (Wildman–Crippen LogP) is -0.427. The SMILES string of the molecule is COC(=O)[C@H](O)CN=[N+]=[N-].[N-]=[N+]=NC[C@@H](O)C(=O)O. The van der Waals surface area contributed by atoms with E-state index in [1.54, 1.807) is 0 Å². The Morgan fingerprint density at radius 2 is 1.58 bits per heavy atom. The van der Waals surface area contributed by atoms with Crippen molar-refractivity contribution in [2.75, 3.05) is 20.2 Å². The summed E-state index contributed by atoms with van der Waals surface area (Å²) in [6.07, 6.45) is -2.93. The van der Waals surface area contributed by atoms with Gasteiger partial charge in [-0.2, -0.15) is 0 Å². The Balaban J connectivity index is 0. The highest BCUT2D eigenvalue weighted by Crippen LogP contribution is 1.87. The molecular weight excluding hydrogens is 264 g/mol. The first kappa shape index (κ1) is 18.8. The summed E-state index contributed by atoms with van der Waals surface area (Å²) in [7, 11) is 1.14. The third-order valence-electron chi connectivity index (χ3n) is 1.39. The molecule has 3 N–H and O–H groups in total. The highest BCUT2D eigenvalue weighted by Gasteiger charge is 2.12. The quantitative estimate of drug-likeness (QED) is 0.254. The van der Waals surface area contributed by atoms with Crippen LogP contribution in [0.25, 0.3) is 20.9 Å². The molecule has 0 aliphatic rings. The lowest BCUT2D eigenvalue weighted by atomic mass is 10.4. The smallest absolute Gasteiger partial charge is 0.334 e. The van der Waals surface area contributed by atoms with Crippen molar-refractivity contribution in [3.05, 3.63) is 20.9 Å². The molecule has 19 heavy (non-hydrogen) atoms. The standard InChI is InChI=1S/C4H7N3O3.C3H5N3O3/c1-10-4(9)3(8)2-6-7-5;4-6-5-1-2(7)3(8)9/h3,8H,2H2,1H3;2,7H,1H2,(H,8,9)/t3-;2-/m11/s1. The van der Waals surface area contributed by atoms with Crippen LogP contribution < -0.4 is 0 Å². The van der Waals surface area contributed by atoms with Crippen LogP contribution in [-0.2, 0) is 14.3 Å². The third-order valence-corrected chi connectivity index (χ3v) is 1.39. The molecule has 0 heterocycles. The first-order valence-corrected chi connectivity index (χ1v) is 4.59. The van der Waals surface area contributed by atoms with Crippen LogP contribution in [0.1, 0.15) is 0 Å². The Morgan fingerprint density at radius 1 is 1.16 bits per heavy atom. The fourth-order valence-corrected chi connectivity index (χ4v) is 0.516. The maximum absolute atomic E-state index is 10.4. The highest BCUT2D eigenvalue weighted by atomic mass is 16.5. The first-order chi connectivity index (χ1) is 8.90. The molecule has 0 radical (unpaired) electrons. The molecule has 2 atom stereocenters. The summed E-state index contributed by atoms with van der Waals surface area (Å²) in [6.45, 7) is -0.713. The topological polar surface area (TPSA) is 202 Å². The second kappa shape index (κ2) is 12.0. The number of methoxy groups -OCH3 is 1. The van der Waals surface area contributed by atoms with Gasteiger partial charge < -0.3 is 20.1 Å². The number of aliphatic hydroxyl groups excluding tert-OH is 2. The average Bonchev–Trinajstić information content (AvgIpc) is 2.41. The maximum Gasteiger partial charge on any atom is 0.334 e. The molecular formula is C7H12N6O6. The second-order valence-corrected chi connectivity index (χ2v) is 2.72. The van der Waals surface area contributed by atoms with Crippen molar-refractivity contribution in [3.63, 3.8) is 0 Å². The Labute approximate surface area is 106 Å². The summed E-state index contributed by atoms with van der Waals surface area (Å²) < 4.78 is 4.14. The number of carboxylic acids is 1. The molecule has 0 aliphatic heterocycles. The lowest BCUT2D eigenvalue weighted by molar-refractivity contribution is -0.149. The van der Waals surface area contributed by atoms with Crippen molar-refractivity contribution in [3.8, 4) is 0 Å². The number of hydrogen-bond acceptors (Lipinski definition) is 7. The Morgan fingerprint density at radius 3 is 1.89 bits per heavy atom. The van der Waals surface area contributed by atoms with Crippen LogP contribution in [0.2, 0.25) is 0 Å². The van der Waals surface area contributed by atoms with E-state index < -0.39 is 30.7 Å². The highest BCUT2D eigenvalue weighted by molar-refractivity contribution is 5.74. The van der Waals surface area contributed by atoms with Crippen LogP contribution >= 0.6 is 0 Å². The zero-order chi connectivity index (χ0) is 15.3. The number of aliphatic hydroxyl groups is 2. The van der Waals surface area contributed by atoms with E-state index in [1.807, 2.05) is 0 Å². The van der Waals surface area contributed by atoms with Gasteiger partial charge in [0.25, 0.3) is 0 Å². The minimum absolute atomic E-state index is 0.289. The number of aliphatic carboxylic acids is 1. The van der Waals surface area contributed by atoms with Gasteiger partial charge in [0.2, 0.25) is 0 Å². The van der Waals surface area contributed by atoms with Crippen molar-refractivity contribution >= 4 is 11.9 Å². The number of carbonyl (C=O) groups is 2. The number of rotatable bonds is 6. The van der Waals surface area contributed by atoms with Crippen molar-refractivity contribution in [1.82, 2.24) is 0 Å². The maximum atomic E-state index is 10.4. The molecule has 0 aromatic heterocycles. The zero-order valence-electron chi connectivity index (χ0n) is 9.82. The number of hydrogen-bond donors (Lipinski definition) is 3. The summed E-state index contributed by atoms with van der Waals surface area (Å²) in [5.74, 6) is -2.19. The first-order valence-electron chi connectivity index (χ1n) is 4.59. The molecule has 0 saturated heterocycles. The van der Waals surface area contributed by atoms with E-state index in [2.05, 4.69) is 24.8 Å². The second-order valence-electron chi connectivity index (χ2n) is 2.72. The van der Waals surface area contributed by atoms with Crippen LogP contribution in [0.15, 0.2) is 10.2 Å². The van der Waals surface area contributed by atoms with Crippen LogP contribution in [0.5, 0.6) is 0 Å².